The monoisotopic (exact) mass is 325 g/mol. The first-order valence-corrected chi connectivity index (χ1v) is 7.84. The number of benzene rings is 2. The average Bonchev–Trinajstić information content (AvgIpc) is 3.03. The quantitative estimate of drug-likeness (QED) is 0.793. The highest BCUT2D eigenvalue weighted by atomic mass is 32.1. The van der Waals surface area contributed by atoms with Gasteiger partial charge in [-0.3, -0.25) is 10.1 Å². The molecule has 0 aliphatic heterocycles. The molecule has 3 aromatic rings. The number of methoxy groups -OCH3 is 1. The van der Waals surface area contributed by atoms with E-state index < -0.39 is 0 Å². The molecule has 3 rings (SSSR count). The molecule has 1 amide bonds. The summed E-state index contributed by atoms with van der Waals surface area (Å²) in [6.07, 6.45) is 0. The Morgan fingerprint density at radius 3 is 2.74 bits per heavy atom. The first-order chi connectivity index (χ1) is 11.2. The van der Waals surface area contributed by atoms with E-state index >= 15 is 0 Å². The van der Waals surface area contributed by atoms with Crippen LogP contribution in [0.5, 0.6) is 5.75 Å². The number of aromatic nitrogens is 2. The van der Waals surface area contributed by atoms with Crippen LogP contribution in [-0.2, 0) is 0 Å². The fourth-order valence-corrected chi connectivity index (χ4v) is 2.90. The van der Waals surface area contributed by atoms with Crippen molar-refractivity contribution in [2.45, 2.75) is 6.92 Å². The Morgan fingerprint density at radius 1 is 1.13 bits per heavy atom. The number of hydrogen-bond donors (Lipinski definition) is 1. The SMILES string of the molecule is COc1ccccc1C(=O)Nc1nnc(-c2cccc(C)c2)s1. The standard InChI is InChI=1S/C17H15N3O2S/c1-11-6-5-7-12(10-11)16-19-20-17(23-16)18-15(21)13-8-3-4-9-14(13)22-2/h3-10H,1-2H3,(H,18,20,21). The van der Waals surface area contributed by atoms with E-state index in [2.05, 4.69) is 15.5 Å². The van der Waals surface area contributed by atoms with Gasteiger partial charge in [0.25, 0.3) is 5.91 Å². The fourth-order valence-electron chi connectivity index (χ4n) is 2.17. The lowest BCUT2D eigenvalue weighted by atomic mass is 10.1. The van der Waals surface area contributed by atoms with E-state index in [9.17, 15) is 4.79 Å². The third-order valence-electron chi connectivity index (χ3n) is 3.26. The molecule has 0 aliphatic carbocycles. The van der Waals surface area contributed by atoms with Gasteiger partial charge in [-0.25, -0.2) is 0 Å². The van der Waals surface area contributed by atoms with Gasteiger partial charge in [-0.15, -0.1) is 10.2 Å². The van der Waals surface area contributed by atoms with Crippen LogP contribution < -0.4 is 10.1 Å². The predicted octanol–water partition coefficient (Wildman–Crippen LogP) is 3.77. The maximum absolute atomic E-state index is 12.3. The minimum Gasteiger partial charge on any atom is -0.496 e. The van der Waals surface area contributed by atoms with Crippen LogP contribution >= 0.6 is 11.3 Å². The van der Waals surface area contributed by atoms with E-state index in [4.69, 9.17) is 4.74 Å². The molecule has 0 spiro atoms. The Labute approximate surface area is 138 Å². The predicted molar refractivity (Wildman–Crippen MR) is 91.0 cm³/mol. The van der Waals surface area contributed by atoms with Crippen LogP contribution in [0.1, 0.15) is 15.9 Å². The Balaban J connectivity index is 1.80. The molecular weight excluding hydrogens is 310 g/mol. The number of nitrogens with one attached hydrogen (secondary N) is 1. The number of carbonyl (C=O) groups excluding carboxylic acids is 1. The van der Waals surface area contributed by atoms with Crippen LogP contribution in [0.25, 0.3) is 10.6 Å². The van der Waals surface area contributed by atoms with Gasteiger partial charge in [-0.1, -0.05) is 47.2 Å². The molecule has 1 N–H and O–H groups in total. The Kier molecular flexibility index (Phi) is 4.34. The molecule has 0 atom stereocenters. The minimum atomic E-state index is -0.269. The molecule has 0 radical (unpaired) electrons. The van der Waals surface area contributed by atoms with E-state index in [1.54, 1.807) is 18.2 Å². The zero-order valence-electron chi connectivity index (χ0n) is 12.7. The van der Waals surface area contributed by atoms with Gasteiger partial charge in [0.05, 0.1) is 12.7 Å². The molecule has 0 bridgehead atoms. The van der Waals surface area contributed by atoms with Gasteiger partial charge in [-0.2, -0.15) is 0 Å². The van der Waals surface area contributed by atoms with Crippen LogP contribution in [-0.4, -0.2) is 23.2 Å². The van der Waals surface area contributed by atoms with Crippen molar-refractivity contribution in [3.63, 3.8) is 0 Å². The van der Waals surface area contributed by atoms with E-state index in [0.717, 1.165) is 16.1 Å². The summed E-state index contributed by atoms with van der Waals surface area (Å²) in [6.45, 7) is 2.02. The lowest BCUT2D eigenvalue weighted by Crippen LogP contribution is -2.12. The maximum atomic E-state index is 12.3. The molecule has 5 nitrogen and oxygen atoms in total. The second kappa shape index (κ2) is 6.58. The number of carbonyl (C=O) groups is 1. The van der Waals surface area contributed by atoms with Crippen LogP contribution in [0.2, 0.25) is 0 Å². The molecule has 0 saturated heterocycles. The molecule has 0 aliphatic rings. The summed E-state index contributed by atoms with van der Waals surface area (Å²) in [7, 11) is 1.53. The van der Waals surface area contributed by atoms with Crippen molar-refractivity contribution < 1.29 is 9.53 Å². The smallest absolute Gasteiger partial charge is 0.261 e. The lowest BCUT2D eigenvalue weighted by Gasteiger charge is -2.06. The number of aryl methyl sites for hydroxylation is 1. The number of ether oxygens (including phenoxy) is 1. The highest BCUT2D eigenvalue weighted by Crippen LogP contribution is 2.27. The Morgan fingerprint density at radius 2 is 1.96 bits per heavy atom. The topological polar surface area (TPSA) is 64.1 Å². The summed E-state index contributed by atoms with van der Waals surface area (Å²) in [4.78, 5) is 12.3. The van der Waals surface area contributed by atoms with Gasteiger partial charge in [-0.05, 0) is 25.1 Å². The van der Waals surface area contributed by atoms with Gasteiger partial charge < -0.3 is 4.74 Å². The molecule has 23 heavy (non-hydrogen) atoms. The summed E-state index contributed by atoms with van der Waals surface area (Å²) < 4.78 is 5.20. The van der Waals surface area contributed by atoms with E-state index in [0.29, 0.717) is 16.4 Å². The number of para-hydroxylation sites is 1. The van der Waals surface area contributed by atoms with Crippen LogP contribution in [0, 0.1) is 6.92 Å². The van der Waals surface area contributed by atoms with E-state index in [1.807, 2.05) is 37.3 Å². The molecule has 0 saturated carbocycles. The first kappa shape index (κ1) is 15.2. The van der Waals surface area contributed by atoms with Crippen LogP contribution in [0.4, 0.5) is 5.13 Å². The van der Waals surface area contributed by atoms with Gasteiger partial charge in [0.1, 0.15) is 10.8 Å². The highest BCUT2D eigenvalue weighted by Gasteiger charge is 2.14. The zero-order chi connectivity index (χ0) is 16.2. The van der Waals surface area contributed by atoms with Gasteiger partial charge in [0, 0.05) is 5.56 Å². The van der Waals surface area contributed by atoms with Crippen LogP contribution in [0.3, 0.4) is 0 Å². The second-order valence-electron chi connectivity index (χ2n) is 4.94. The largest absolute Gasteiger partial charge is 0.496 e. The van der Waals surface area contributed by atoms with Crippen molar-refractivity contribution >= 4 is 22.4 Å². The molecule has 1 heterocycles. The Bertz CT molecular complexity index is 845. The minimum absolute atomic E-state index is 0.269. The zero-order valence-corrected chi connectivity index (χ0v) is 13.6. The molecule has 6 heteroatoms. The van der Waals surface area contributed by atoms with Gasteiger partial charge >= 0.3 is 0 Å². The highest BCUT2D eigenvalue weighted by molar-refractivity contribution is 7.18. The Hall–Kier alpha value is -2.73. The molecular formula is C17H15N3O2S. The van der Waals surface area contributed by atoms with Crippen molar-refractivity contribution in [1.82, 2.24) is 10.2 Å². The first-order valence-electron chi connectivity index (χ1n) is 7.02. The number of anilines is 1. The molecule has 0 unspecified atom stereocenters. The summed E-state index contributed by atoms with van der Waals surface area (Å²) in [5, 5.41) is 12.2. The van der Waals surface area contributed by atoms with Gasteiger partial charge in [0.15, 0.2) is 0 Å². The summed E-state index contributed by atoms with van der Waals surface area (Å²) in [6, 6.07) is 15.1. The van der Waals surface area contributed by atoms with Crippen molar-refractivity contribution in [3.8, 4) is 16.3 Å². The summed E-state index contributed by atoms with van der Waals surface area (Å²) >= 11 is 1.34. The van der Waals surface area contributed by atoms with Crippen molar-refractivity contribution in [3.05, 3.63) is 59.7 Å². The summed E-state index contributed by atoms with van der Waals surface area (Å²) in [5.74, 6) is 0.253. The molecule has 0 fully saturated rings. The van der Waals surface area contributed by atoms with Crippen molar-refractivity contribution in [1.29, 1.82) is 0 Å². The van der Waals surface area contributed by atoms with Crippen molar-refractivity contribution in [2.24, 2.45) is 0 Å². The molecule has 2 aromatic carbocycles. The lowest BCUT2D eigenvalue weighted by molar-refractivity contribution is 0.102. The molecule has 116 valence electrons. The fraction of sp³-hybridized carbons (Fsp3) is 0.118. The second-order valence-corrected chi connectivity index (χ2v) is 5.91. The summed E-state index contributed by atoms with van der Waals surface area (Å²) in [5.41, 5.74) is 2.60. The number of hydrogen-bond acceptors (Lipinski definition) is 5. The third-order valence-corrected chi connectivity index (χ3v) is 4.15. The third kappa shape index (κ3) is 3.37. The number of rotatable bonds is 4. The van der Waals surface area contributed by atoms with E-state index in [1.165, 1.54) is 18.4 Å². The normalized spacial score (nSPS) is 10.3. The number of nitrogens with zero attached hydrogens (tertiary/aromatic N) is 2. The average molecular weight is 325 g/mol. The number of amides is 1. The van der Waals surface area contributed by atoms with Crippen LogP contribution in [0.15, 0.2) is 48.5 Å². The molecule has 1 aromatic heterocycles. The maximum Gasteiger partial charge on any atom is 0.261 e. The van der Waals surface area contributed by atoms with Gasteiger partial charge in [0.2, 0.25) is 5.13 Å². The van der Waals surface area contributed by atoms with E-state index in [-0.39, 0.29) is 5.91 Å². The van der Waals surface area contributed by atoms with Crippen molar-refractivity contribution in [2.75, 3.05) is 12.4 Å².